The first-order valence-corrected chi connectivity index (χ1v) is 12.3. The van der Waals surface area contributed by atoms with E-state index in [-0.39, 0.29) is 11.8 Å². The summed E-state index contributed by atoms with van der Waals surface area (Å²) in [4.78, 5) is 41.2. The summed E-state index contributed by atoms with van der Waals surface area (Å²) < 4.78 is 0. The zero-order valence-electron chi connectivity index (χ0n) is 19.9. The molecule has 2 aromatic carbocycles. The van der Waals surface area contributed by atoms with Crippen molar-refractivity contribution in [3.05, 3.63) is 83.3 Å². The molecule has 7 nitrogen and oxygen atoms in total. The summed E-state index contributed by atoms with van der Waals surface area (Å²) in [6.07, 6.45) is 5.74. The van der Waals surface area contributed by atoms with Crippen LogP contribution in [0, 0.1) is 11.8 Å². The standard InChI is InChI=1S/C28H29N5O2/c1-31-14-24-17-33(18-25(24)15-31)28(35)22-5-6-23-16-32(10-7-19(23)11-22)27(34)21-4-2-3-20(12-21)26-13-29-8-9-30-26/h2-6,8-9,11-13,24-25H,7,10,14-18H2,1H3. The topological polar surface area (TPSA) is 69.6 Å². The lowest BCUT2D eigenvalue weighted by atomic mass is 9.96. The molecule has 0 radical (unpaired) electrons. The number of nitrogens with zero attached hydrogens (tertiary/aromatic N) is 5. The maximum atomic E-state index is 13.3. The predicted octanol–water partition coefficient (Wildman–Crippen LogP) is 2.98. The van der Waals surface area contributed by atoms with Crippen molar-refractivity contribution in [3.8, 4) is 11.3 Å². The van der Waals surface area contributed by atoms with E-state index in [1.807, 2.05) is 46.2 Å². The Morgan fingerprint density at radius 2 is 1.63 bits per heavy atom. The summed E-state index contributed by atoms with van der Waals surface area (Å²) in [5, 5.41) is 0. The second kappa shape index (κ2) is 8.89. The average Bonchev–Trinajstić information content (AvgIpc) is 3.45. The van der Waals surface area contributed by atoms with Crippen molar-refractivity contribution >= 4 is 11.8 Å². The number of amides is 2. The number of carbonyl (C=O) groups is 2. The number of likely N-dealkylation sites (tertiary alicyclic amines) is 2. The summed E-state index contributed by atoms with van der Waals surface area (Å²) in [5.41, 5.74) is 5.33. The number of fused-ring (bicyclic) bond motifs is 2. The highest BCUT2D eigenvalue weighted by atomic mass is 16.2. The highest BCUT2D eigenvalue weighted by Gasteiger charge is 2.40. The zero-order chi connectivity index (χ0) is 23.9. The Balaban J connectivity index is 1.15. The number of aromatic nitrogens is 2. The molecule has 2 unspecified atom stereocenters. The summed E-state index contributed by atoms with van der Waals surface area (Å²) >= 11 is 0. The van der Waals surface area contributed by atoms with Crippen LogP contribution in [-0.4, -0.2) is 76.3 Å². The van der Waals surface area contributed by atoms with Crippen molar-refractivity contribution in [3.63, 3.8) is 0 Å². The Hall–Kier alpha value is -3.58. The van der Waals surface area contributed by atoms with Crippen molar-refractivity contribution in [1.82, 2.24) is 24.7 Å². The normalized spacial score (nSPS) is 21.6. The molecule has 3 aliphatic heterocycles. The Kier molecular flexibility index (Phi) is 5.57. The minimum atomic E-state index is 0.00937. The number of rotatable bonds is 3. The van der Waals surface area contributed by atoms with Gasteiger partial charge in [-0.25, -0.2) is 0 Å². The van der Waals surface area contributed by atoms with Gasteiger partial charge in [0.1, 0.15) is 0 Å². The average molecular weight is 468 g/mol. The molecule has 3 aromatic rings. The Morgan fingerprint density at radius 3 is 2.40 bits per heavy atom. The Labute approximate surface area is 205 Å². The molecule has 35 heavy (non-hydrogen) atoms. The lowest BCUT2D eigenvalue weighted by Gasteiger charge is -2.29. The van der Waals surface area contributed by atoms with Gasteiger partial charge in [0.15, 0.2) is 0 Å². The second-order valence-electron chi connectivity index (χ2n) is 10.1. The van der Waals surface area contributed by atoms with Crippen LogP contribution in [0.4, 0.5) is 0 Å². The fourth-order valence-corrected chi connectivity index (χ4v) is 5.88. The fraction of sp³-hybridized carbons (Fsp3) is 0.357. The minimum Gasteiger partial charge on any atom is -0.338 e. The van der Waals surface area contributed by atoms with E-state index in [2.05, 4.69) is 28.0 Å². The summed E-state index contributed by atoms with van der Waals surface area (Å²) in [5.74, 6) is 1.36. The van der Waals surface area contributed by atoms with Crippen molar-refractivity contribution in [2.45, 2.75) is 13.0 Å². The SMILES string of the molecule is CN1CC2CN(C(=O)c3ccc4c(c3)CCN(C(=O)c3cccc(-c5cnccn5)c3)C4)CC2C1. The molecule has 1 aromatic heterocycles. The molecular formula is C28H29N5O2. The van der Waals surface area contributed by atoms with Gasteiger partial charge in [-0.1, -0.05) is 18.2 Å². The third-order valence-corrected chi connectivity index (χ3v) is 7.68. The fourth-order valence-electron chi connectivity index (χ4n) is 5.88. The van der Waals surface area contributed by atoms with Crippen molar-refractivity contribution in [2.75, 3.05) is 39.8 Å². The summed E-state index contributed by atoms with van der Waals surface area (Å²) in [7, 11) is 2.16. The van der Waals surface area contributed by atoms with Gasteiger partial charge in [-0.15, -0.1) is 0 Å². The van der Waals surface area contributed by atoms with Gasteiger partial charge in [-0.05, 0) is 60.7 Å². The Bertz CT molecular complexity index is 1260. The Morgan fingerprint density at radius 1 is 0.857 bits per heavy atom. The van der Waals surface area contributed by atoms with Crippen LogP contribution in [0.1, 0.15) is 31.8 Å². The largest absolute Gasteiger partial charge is 0.338 e. The van der Waals surface area contributed by atoms with Gasteiger partial charge in [-0.3, -0.25) is 19.6 Å². The van der Waals surface area contributed by atoms with E-state index in [0.717, 1.165) is 55.0 Å². The molecule has 2 saturated heterocycles. The van der Waals surface area contributed by atoms with Crippen LogP contribution in [0.15, 0.2) is 61.1 Å². The third-order valence-electron chi connectivity index (χ3n) is 7.68. The number of hydrogen-bond donors (Lipinski definition) is 0. The predicted molar refractivity (Wildman–Crippen MR) is 133 cm³/mol. The highest BCUT2D eigenvalue weighted by Crippen LogP contribution is 2.31. The maximum Gasteiger partial charge on any atom is 0.254 e. The molecule has 0 spiro atoms. The maximum absolute atomic E-state index is 13.3. The lowest BCUT2D eigenvalue weighted by molar-refractivity contribution is 0.0731. The second-order valence-corrected chi connectivity index (χ2v) is 10.1. The van der Waals surface area contributed by atoms with Gasteiger partial charge in [0.25, 0.3) is 11.8 Å². The first kappa shape index (κ1) is 21.9. The third kappa shape index (κ3) is 4.21. The van der Waals surface area contributed by atoms with E-state index in [1.165, 1.54) is 5.56 Å². The van der Waals surface area contributed by atoms with Crippen molar-refractivity contribution < 1.29 is 9.59 Å². The monoisotopic (exact) mass is 467 g/mol. The van der Waals surface area contributed by atoms with Gasteiger partial charge in [0, 0.05) is 68.4 Å². The van der Waals surface area contributed by atoms with Crippen LogP contribution in [0.2, 0.25) is 0 Å². The van der Waals surface area contributed by atoms with Crippen LogP contribution in [-0.2, 0) is 13.0 Å². The first-order valence-electron chi connectivity index (χ1n) is 12.3. The van der Waals surface area contributed by atoms with E-state index in [9.17, 15) is 9.59 Å². The highest BCUT2D eigenvalue weighted by molar-refractivity contribution is 5.96. The number of carbonyl (C=O) groups excluding carboxylic acids is 2. The van der Waals surface area contributed by atoms with E-state index in [0.29, 0.717) is 30.5 Å². The number of hydrogen-bond acceptors (Lipinski definition) is 5. The molecular weight excluding hydrogens is 438 g/mol. The van der Waals surface area contributed by atoms with E-state index >= 15 is 0 Å². The molecule has 2 amide bonds. The van der Waals surface area contributed by atoms with Gasteiger partial charge in [0.05, 0.1) is 11.9 Å². The summed E-state index contributed by atoms with van der Waals surface area (Å²) in [6.45, 7) is 5.09. The van der Waals surface area contributed by atoms with E-state index < -0.39 is 0 Å². The van der Waals surface area contributed by atoms with Crippen LogP contribution >= 0.6 is 0 Å². The van der Waals surface area contributed by atoms with Crippen LogP contribution in [0.25, 0.3) is 11.3 Å². The van der Waals surface area contributed by atoms with Gasteiger partial charge < -0.3 is 14.7 Å². The summed E-state index contributed by atoms with van der Waals surface area (Å²) in [6, 6.07) is 13.6. The quantitative estimate of drug-likeness (QED) is 0.592. The minimum absolute atomic E-state index is 0.00937. The van der Waals surface area contributed by atoms with E-state index in [1.54, 1.807) is 18.6 Å². The van der Waals surface area contributed by atoms with Crippen LogP contribution in [0.5, 0.6) is 0 Å². The molecule has 2 fully saturated rings. The number of benzene rings is 2. The van der Waals surface area contributed by atoms with Crippen molar-refractivity contribution in [2.24, 2.45) is 11.8 Å². The molecule has 0 aliphatic carbocycles. The molecule has 3 aliphatic rings. The molecule has 7 heteroatoms. The van der Waals surface area contributed by atoms with Crippen LogP contribution in [0.3, 0.4) is 0 Å². The molecule has 0 N–H and O–H groups in total. The molecule has 4 heterocycles. The molecule has 0 saturated carbocycles. The lowest BCUT2D eigenvalue weighted by Crippen LogP contribution is -2.36. The van der Waals surface area contributed by atoms with Gasteiger partial charge in [-0.2, -0.15) is 0 Å². The van der Waals surface area contributed by atoms with Gasteiger partial charge in [0.2, 0.25) is 0 Å². The smallest absolute Gasteiger partial charge is 0.254 e. The van der Waals surface area contributed by atoms with Crippen LogP contribution < -0.4 is 0 Å². The first-order chi connectivity index (χ1) is 17.0. The molecule has 2 atom stereocenters. The molecule has 0 bridgehead atoms. The molecule has 178 valence electrons. The van der Waals surface area contributed by atoms with Gasteiger partial charge >= 0.3 is 0 Å². The molecule has 6 rings (SSSR count). The van der Waals surface area contributed by atoms with E-state index in [4.69, 9.17) is 0 Å². The zero-order valence-corrected chi connectivity index (χ0v) is 19.9. The van der Waals surface area contributed by atoms with Crippen molar-refractivity contribution in [1.29, 1.82) is 0 Å².